The fourth-order valence-corrected chi connectivity index (χ4v) is 5.14. The highest BCUT2D eigenvalue weighted by atomic mass is 16.5. The third kappa shape index (κ3) is 9.07. The summed E-state index contributed by atoms with van der Waals surface area (Å²) in [5.74, 6) is 3.07. The molecule has 152 valence electrons. The summed E-state index contributed by atoms with van der Waals surface area (Å²) in [7, 11) is 0. The maximum absolute atomic E-state index is 6.12. The van der Waals surface area contributed by atoms with Gasteiger partial charge in [0, 0.05) is 6.61 Å². The molecule has 26 heavy (non-hydrogen) atoms. The van der Waals surface area contributed by atoms with Gasteiger partial charge in [-0.05, 0) is 69.6 Å². The van der Waals surface area contributed by atoms with Crippen LogP contribution in [0.2, 0.25) is 0 Å². The van der Waals surface area contributed by atoms with E-state index in [1.807, 2.05) is 0 Å². The van der Waals surface area contributed by atoms with Crippen LogP contribution in [0, 0.1) is 17.8 Å². The van der Waals surface area contributed by atoms with Gasteiger partial charge in [-0.1, -0.05) is 76.9 Å². The Balaban J connectivity index is 1.47. The van der Waals surface area contributed by atoms with Crippen LogP contribution in [0.25, 0.3) is 0 Å². The van der Waals surface area contributed by atoms with Crippen LogP contribution in [0.5, 0.6) is 0 Å². The van der Waals surface area contributed by atoms with Crippen molar-refractivity contribution in [2.45, 2.75) is 123 Å². The second-order valence-electron chi connectivity index (χ2n) is 9.18. The van der Waals surface area contributed by atoms with Crippen molar-refractivity contribution in [2.75, 3.05) is 6.61 Å². The minimum atomic E-state index is 0.584. The van der Waals surface area contributed by atoms with E-state index < -0.39 is 0 Å². The van der Waals surface area contributed by atoms with Crippen molar-refractivity contribution in [1.82, 2.24) is 0 Å². The molecule has 0 aliphatic heterocycles. The Labute approximate surface area is 164 Å². The van der Waals surface area contributed by atoms with Crippen LogP contribution in [-0.4, -0.2) is 12.7 Å². The molecule has 2 aliphatic carbocycles. The summed E-state index contributed by atoms with van der Waals surface area (Å²) in [5.41, 5.74) is 0. The highest BCUT2D eigenvalue weighted by molar-refractivity contribution is 4.81. The average Bonchev–Trinajstić information content (AvgIpc) is 2.68. The van der Waals surface area contributed by atoms with E-state index >= 15 is 0 Å². The van der Waals surface area contributed by atoms with Gasteiger partial charge in [-0.15, -0.1) is 0 Å². The zero-order valence-electron chi connectivity index (χ0n) is 17.9. The van der Waals surface area contributed by atoms with Gasteiger partial charge in [0.1, 0.15) is 0 Å². The molecule has 0 atom stereocenters. The molecular weight excluding hydrogens is 316 g/mol. The van der Waals surface area contributed by atoms with Crippen LogP contribution < -0.4 is 0 Å². The van der Waals surface area contributed by atoms with Gasteiger partial charge in [-0.2, -0.15) is 0 Å². The standard InChI is InChI=1S/C25H46O/c1-3-5-7-9-21-26-25-19-17-24(18-20-25)16-15-23-13-11-22(12-14-23)10-8-6-4-2/h4,6,22-25H,3,5,7-21H2,1-2H3/b6-4+/t22-,23-,24-,25-. The summed E-state index contributed by atoms with van der Waals surface area (Å²) >= 11 is 0. The number of rotatable bonds is 12. The average molecular weight is 363 g/mol. The molecule has 0 aromatic rings. The summed E-state index contributed by atoms with van der Waals surface area (Å²) < 4.78 is 6.12. The monoisotopic (exact) mass is 362 g/mol. The van der Waals surface area contributed by atoms with Gasteiger partial charge in [-0.25, -0.2) is 0 Å². The second-order valence-corrected chi connectivity index (χ2v) is 9.18. The molecule has 0 radical (unpaired) electrons. The van der Waals surface area contributed by atoms with Crippen molar-refractivity contribution >= 4 is 0 Å². The van der Waals surface area contributed by atoms with E-state index in [1.165, 1.54) is 103 Å². The lowest BCUT2D eigenvalue weighted by Gasteiger charge is -2.32. The number of hydrogen-bond acceptors (Lipinski definition) is 1. The Kier molecular flexibility index (Phi) is 11.7. The first-order chi connectivity index (χ1) is 12.8. The van der Waals surface area contributed by atoms with Crippen molar-refractivity contribution in [3.8, 4) is 0 Å². The van der Waals surface area contributed by atoms with Gasteiger partial charge >= 0.3 is 0 Å². The fraction of sp³-hybridized carbons (Fsp3) is 0.920. The topological polar surface area (TPSA) is 9.23 Å². The Bertz CT molecular complexity index is 345. The van der Waals surface area contributed by atoms with E-state index in [9.17, 15) is 0 Å². The molecule has 0 aromatic heterocycles. The van der Waals surface area contributed by atoms with Gasteiger partial charge < -0.3 is 4.74 Å². The molecule has 0 heterocycles. The minimum Gasteiger partial charge on any atom is -0.378 e. The number of ether oxygens (including phenoxy) is 1. The normalized spacial score (nSPS) is 30.1. The molecule has 0 spiro atoms. The summed E-state index contributed by atoms with van der Waals surface area (Å²) in [6.07, 6.45) is 27.7. The third-order valence-electron chi connectivity index (χ3n) is 7.07. The van der Waals surface area contributed by atoms with E-state index in [0.717, 1.165) is 24.4 Å². The van der Waals surface area contributed by atoms with E-state index in [1.54, 1.807) is 0 Å². The largest absolute Gasteiger partial charge is 0.378 e. The van der Waals surface area contributed by atoms with E-state index in [4.69, 9.17) is 4.74 Å². The van der Waals surface area contributed by atoms with Gasteiger partial charge in [0.05, 0.1) is 6.10 Å². The van der Waals surface area contributed by atoms with E-state index in [-0.39, 0.29) is 0 Å². The molecule has 0 unspecified atom stereocenters. The Morgan fingerprint density at radius 1 is 0.731 bits per heavy atom. The molecule has 0 amide bonds. The first kappa shape index (κ1) is 22.0. The lowest BCUT2D eigenvalue weighted by atomic mass is 9.76. The van der Waals surface area contributed by atoms with Gasteiger partial charge in [-0.3, -0.25) is 0 Å². The number of allylic oxidation sites excluding steroid dienone is 2. The molecule has 2 rings (SSSR count). The van der Waals surface area contributed by atoms with Crippen molar-refractivity contribution in [1.29, 1.82) is 0 Å². The smallest absolute Gasteiger partial charge is 0.0575 e. The lowest BCUT2D eigenvalue weighted by molar-refractivity contribution is 0.0145. The van der Waals surface area contributed by atoms with Crippen molar-refractivity contribution < 1.29 is 4.74 Å². The summed E-state index contributed by atoms with van der Waals surface area (Å²) in [4.78, 5) is 0. The van der Waals surface area contributed by atoms with Crippen molar-refractivity contribution in [3.05, 3.63) is 12.2 Å². The zero-order chi connectivity index (χ0) is 18.5. The Hall–Kier alpha value is -0.300. The van der Waals surface area contributed by atoms with Crippen LogP contribution in [0.15, 0.2) is 12.2 Å². The number of hydrogen-bond donors (Lipinski definition) is 0. The maximum atomic E-state index is 6.12. The molecule has 2 fully saturated rings. The van der Waals surface area contributed by atoms with Gasteiger partial charge in [0.25, 0.3) is 0 Å². The summed E-state index contributed by atoms with van der Waals surface area (Å²) in [6.45, 7) is 5.43. The van der Waals surface area contributed by atoms with E-state index in [2.05, 4.69) is 26.0 Å². The summed E-state index contributed by atoms with van der Waals surface area (Å²) in [6, 6.07) is 0. The molecule has 2 saturated carbocycles. The maximum Gasteiger partial charge on any atom is 0.0575 e. The fourth-order valence-electron chi connectivity index (χ4n) is 5.14. The highest BCUT2D eigenvalue weighted by Crippen LogP contribution is 2.37. The Morgan fingerprint density at radius 2 is 1.31 bits per heavy atom. The third-order valence-corrected chi connectivity index (χ3v) is 7.07. The van der Waals surface area contributed by atoms with E-state index in [0.29, 0.717) is 6.10 Å². The van der Waals surface area contributed by atoms with Crippen LogP contribution in [0.3, 0.4) is 0 Å². The van der Waals surface area contributed by atoms with Gasteiger partial charge in [0.2, 0.25) is 0 Å². The lowest BCUT2D eigenvalue weighted by Crippen LogP contribution is -2.23. The molecule has 0 saturated heterocycles. The summed E-state index contributed by atoms with van der Waals surface area (Å²) in [5, 5.41) is 0. The molecule has 2 aliphatic rings. The predicted octanol–water partition coefficient (Wildman–Crippen LogP) is 8.09. The first-order valence-corrected chi connectivity index (χ1v) is 12.0. The molecule has 0 bridgehead atoms. The first-order valence-electron chi connectivity index (χ1n) is 12.0. The molecule has 1 nitrogen and oxygen atoms in total. The van der Waals surface area contributed by atoms with Crippen molar-refractivity contribution in [3.63, 3.8) is 0 Å². The Morgan fingerprint density at radius 3 is 1.88 bits per heavy atom. The number of unbranched alkanes of at least 4 members (excludes halogenated alkanes) is 3. The van der Waals surface area contributed by atoms with Crippen molar-refractivity contribution in [2.24, 2.45) is 17.8 Å². The van der Waals surface area contributed by atoms with Crippen LogP contribution in [0.4, 0.5) is 0 Å². The molecular formula is C25H46O. The SMILES string of the molecule is C/C=C/CC[C@H]1CC[C@H](CC[C@H]2CC[C@H](OCCCCCC)CC2)CC1. The van der Waals surface area contributed by atoms with Crippen LogP contribution >= 0.6 is 0 Å². The van der Waals surface area contributed by atoms with Crippen LogP contribution in [-0.2, 0) is 4.74 Å². The minimum absolute atomic E-state index is 0.584. The second kappa shape index (κ2) is 13.8. The zero-order valence-corrected chi connectivity index (χ0v) is 17.9. The van der Waals surface area contributed by atoms with Crippen LogP contribution in [0.1, 0.15) is 117 Å². The highest BCUT2D eigenvalue weighted by Gasteiger charge is 2.24. The molecule has 0 aromatic carbocycles. The molecule has 1 heteroatoms. The quantitative estimate of drug-likeness (QED) is 0.252. The molecule has 0 N–H and O–H groups in total. The van der Waals surface area contributed by atoms with Gasteiger partial charge in [0.15, 0.2) is 0 Å². The predicted molar refractivity (Wildman–Crippen MR) is 115 cm³/mol.